The highest BCUT2D eigenvalue weighted by Gasteiger charge is 2.12. The van der Waals surface area contributed by atoms with E-state index < -0.39 is 9.84 Å². The molecule has 0 aromatic heterocycles. The van der Waals surface area contributed by atoms with Crippen LogP contribution < -0.4 is 5.32 Å². The van der Waals surface area contributed by atoms with Crippen LogP contribution in [0, 0.1) is 5.92 Å². The van der Waals surface area contributed by atoms with E-state index in [2.05, 4.69) is 19.2 Å². The first-order chi connectivity index (χ1) is 7.41. The van der Waals surface area contributed by atoms with Gasteiger partial charge >= 0.3 is 0 Å². The second-order valence-electron chi connectivity index (χ2n) is 4.59. The number of hydrogen-bond acceptors (Lipinski definition) is 3. The Bertz CT molecular complexity index is 265. The molecule has 1 unspecified atom stereocenters. The van der Waals surface area contributed by atoms with Gasteiger partial charge in [-0.25, -0.2) is 8.42 Å². The predicted octanol–water partition coefficient (Wildman–Crippen LogP) is 2.05. The van der Waals surface area contributed by atoms with E-state index in [1.54, 1.807) is 0 Å². The van der Waals surface area contributed by atoms with Crippen molar-refractivity contribution in [3.8, 4) is 0 Å². The standard InChI is InChI=1S/C11H24ClNO2S/c1-4-6-16(14,15)7-5-13-11(9-12)8-10(2)3/h10-11,13H,4-9H2,1-3H3. The first kappa shape index (κ1) is 16.2. The number of hydrogen-bond donors (Lipinski definition) is 1. The Labute approximate surface area is 105 Å². The minimum absolute atomic E-state index is 0.215. The molecular weight excluding hydrogens is 246 g/mol. The lowest BCUT2D eigenvalue weighted by molar-refractivity contribution is 0.454. The molecule has 0 aliphatic heterocycles. The Morgan fingerprint density at radius 3 is 2.31 bits per heavy atom. The molecule has 0 aliphatic rings. The zero-order valence-corrected chi connectivity index (χ0v) is 12.1. The minimum Gasteiger partial charge on any atom is -0.312 e. The lowest BCUT2D eigenvalue weighted by atomic mass is 10.1. The van der Waals surface area contributed by atoms with Crippen LogP contribution in [-0.4, -0.2) is 38.4 Å². The first-order valence-electron chi connectivity index (χ1n) is 5.91. The maximum Gasteiger partial charge on any atom is 0.151 e. The van der Waals surface area contributed by atoms with Gasteiger partial charge in [0, 0.05) is 24.2 Å². The van der Waals surface area contributed by atoms with Crippen LogP contribution in [0.2, 0.25) is 0 Å². The fraction of sp³-hybridized carbons (Fsp3) is 1.00. The maximum atomic E-state index is 11.4. The molecule has 0 saturated heterocycles. The van der Waals surface area contributed by atoms with Gasteiger partial charge in [-0.2, -0.15) is 0 Å². The van der Waals surface area contributed by atoms with Crippen molar-refractivity contribution in [1.29, 1.82) is 0 Å². The molecule has 0 aromatic carbocycles. The van der Waals surface area contributed by atoms with E-state index in [0.717, 1.165) is 6.42 Å². The van der Waals surface area contributed by atoms with Crippen LogP contribution in [-0.2, 0) is 9.84 Å². The summed E-state index contributed by atoms with van der Waals surface area (Å²) < 4.78 is 22.9. The van der Waals surface area contributed by atoms with Gasteiger partial charge in [0.2, 0.25) is 0 Å². The molecular formula is C11H24ClNO2S. The molecule has 3 nitrogen and oxygen atoms in total. The van der Waals surface area contributed by atoms with Crippen molar-refractivity contribution in [3.05, 3.63) is 0 Å². The molecule has 0 fully saturated rings. The number of nitrogens with one attached hydrogen (secondary N) is 1. The average molecular weight is 270 g/mol. The van der Waals surface area contributed by atoms with E-state index in [0.29, 0.717) is 24.8 Å². The molecule has 98 valence electrons. The maximum absolute atomic E-state index is 11.4. The van der Waals surface area contributed by atoms with Gasteiger partial charge in [0.15, 0.2) is 9.84 Å². The monoisotopic (exact) mass is 269 g/mol. The number of halogens is 1. The summed E-state index contributed by atoms with van der Waals surface area (Å²) in [4.78, 5) is 0. The van der Waals surface area contributed by atoms with E-state index in [4.69, 9.17) is 11.6 Å². The third-order valence-corrected chi connectivity index (χ3v) is 4.53. The number of alkyl halides is 1. The minimum atomic E-state index is -2.87. The Morgan fingerprint density at radius 1 is 1.25 bits per heavy atom. The molecule has 0 radical (unpaired) electrons. The second kappa shape index (κ2) is 8.31. The molecule has 0 aromatic rings. The predicted molar refractivity (Wildman–Crippen MR) is 70.9 cm³/mol. The van der Waals surface area contributed by atoms with Crippen molar-refractivity contribution in [3.63, 3.8) is 0 Å². The van der Waals surface area contributed by atoms with E-state index in [1.807, 2.05) is 6.92 Å². The van der Waals surface area contributed by atoms with Gasteiger partial charge < -0.3 is 5.32 Å². The van der Waals surface area contributed by atoms with Crippen molar-refractivity contribution in [2.75, 3.05) is 23.9 Å². The molecule has 5 heteroatoms. The Balaban J connectivity index is 3.86. The van der Waals surface area contributed by atoms with Crippen LogP contribution in [0.3, 0.4) is 0 Å². The molecule has 0 spiro atoms. The summed E-state index contributed by atoms with van der Waals surface area (Å²) in [6, 6.07) is 0.221. The van der Waals surface area contributed by atoms with Crippen LogP contribution in [0.4, 0.5) is 0 Å². The zero-order chi connectivity index (χ0) is 12.6. The average Bonchev–Trinajstić information content (AvgIpc) is 2.15. The van der Waals surface area contributed by atoms with Crippen LogP contribution in [0.15, 0.2) is 0 Å². The highest BCUT2D eigenvalue weighted by atomic mass is 35.5. The van der Waals surface area contributed by atoms with Gasteiger partial charge in [0.25, 0.3) is 0 Å². The summed E-state index contributed by atoms with van der Waals surface area (Å²) in [7, 11) is -2.87. The molecule has 0 aliphatic carbocycles. The van der Waals surface area contributed by atoms with E-state index in [9.17, 15) is 8.42 Å². The highest BCUT2D eigenvalue weighted by molar-refractivity contribution is 7.91. The van der Waals surface area contributed by atoms with E-state index >= 15 is 0 Å². The van der Waals surface area contributed by atoms with Crippen molar-refractivity contribution in [2.24, 2.45) is 5.92 Å². The number of sulfone groups is 1. The van der Waals surface area contributed by atoms with Gasteiger partial charge in [-0.15, -0.1) is 11.6 Å². The van der Waals surface area contributed by atoms with Crippen LogP contribution >= 0.6 is 11.6 Å². The van der Waals surface area contributed by atoms with Crippen molar-refractivity contribution in [2.45, 2.75) is 39.7 Å². The molecule has 0 heterocycles. The fourth-order valence-corrected chi connectivity index (χ4v) is 3.09. The molecule has 16 heavy (non-hydrogen) atoms. The smallest absolute Gasteiger partial charge is 0.151 e. The van der Waals surface area contributed by atoms with Gasteiger partial charge in [-0.1, -0.05) is 20.8 Å². The molecule has 1 atom stereocenters. The number of rotatable bonds is 9. The normalized spacial score (nSPS) is 14.3. The lowest BCUT2D eigenvalue weighted by Crippen LogP contribution is -2.35. The van der Waals surface area contributed by atoms with Gasteiger partial charge in [0.05, 0.1) is 5.75 Å². The second-order valence-corrected chi connectivity index (χ2v) is 7.20. The first-order valence-corrected chi connectivity index (χ1v) is 8.26. The molecule has 0 rings (SSSR count). The Kier molecular flexibility index (Phi) is 8.42. The van der Waals surface area contributed by atoms with Crippen molar-refractivity contribution in [1.82, 2.24) is 5.32 Å². The highest BCUT2D eigenvalue weighted by Crippen LogP contribution is 2.06. The molecule has 0 amide bonds. The summed E-state index contributed by atoms with van der Waals surface area (Å²) in [6.45, 7) is 6.65. The van der Waals surface area contributed by atoms with Crippen molar-refractivity contribution < 1.29 is 8.42 Å². The van der Waals surface area contributed by atoms with Gasteiger partial charge in [-0.05, 0) is 18.8 Å². The van der Waals surface area contributed by atoms with Crippen molar-refractivity contribution >= 4 is 21.4 Å². The molecule has 1 N–H and O–H groups in total. The molecule has 0 bridgehead atoms. The summed E-state index contributed by atoms with van der Waals surface area (Å²) in [5.41, 5.74) is 0. The molecule has 0 saturated carbocycles. The third-order valence-electron chi connectivity index (χ3n) is 2.30. The van der Waals surface area contributed by atoms with Crippen LogP contribution in [0.1, 0.15) is 33.6 Å². The zero-order valence-electron chi connectivity index (χ0n) is 10.5. The topological polar surface area (TPSA) is 46.2 Å². The van der Waals surface area contributed by atoms with E-state index in [1.165, 1.54) is 0 Å². The van der Waals surface area contributed by atoms with Crippen LogP contribution in [0.25, 0.3) is 0 Å². The quantitative estimate of drug-likeness (QED) is 0.652. The third kappa shape index (κ3) is 8.36. The Hall–Kier alpha value is 0.200. The largest absolute Gasteiger partial charge is 0.312 e. The summed E-state index contributed by atoms with van der Waals surface area (Å²) >= 11 is 5.81. The fourth-order valence-electron chi connectivity index (χ4n) is 1.60. The van der Waals surface area contributed by atoms with E-state index in [-0.39, 0.29) is 17.5 Å². The summed E-state index contributed by atoms with van der Waals surface area (Å²) in [6.07, 6.45) is 1.67. The lowest BCUT2D eigenvalue weighted by Gasteiger charge is -2.17. The van der Waals surface area contributed by atoms with Gasteiger partial charge in [0.1, 0.15) is 0 Å². The SMILES string of the molecule is CCCS(=O)(=O)CCNC(CCl)CC(C)C. The Morgan fingerprint density at radius 2 is 1.88 bits per heavy atom. The van der Waals surface area contributed by atoms with Gasteiger partial charge in [-0.3, -0.25) is 0 Å². The summed E-state index contributed by atoms with van der Waals surface area (Å²) in [5, 5.41) is 3.20. The van der Waals surface area contributed by atoms with Crippen LogP contribution in [0.5, 0.6) is 0 Å². The summed E-state index contributed by atoms with van der Waals surface area (Å²) in [5.74, 6) is 1.60.